The standard InChI is InChI=1S/C11H18N5O14P3/c12-10-14-8-7(11(15-10)2-26-11)13-3-16(8)9-6(18)5(17)4(28-9)1-27-32(22,23)30-33(24,25)29-31(19,20)21/h4-6,9,17-18H,1-3H2,(H2,12,15)(H,22,23)(H,24,25)(H2,19,20,21)/t4-,5-,6-,9-,11+/m1/s1. The highest BCUT2D eigenvalue weighted by Gasteiger charge is 2.59. The number of phosphoric acid groups is 3. The van der Waals surface area contributed by atoms with E-state index in [9.17, 15) is 28.8 Å². The Labute approximate surface area is 183 Å². The van der Waals surface area contributed by atoms with E-state index in [1.165, 1.54) is 4.90 Å². The fourth-order valence-electron chi connectivity index (χ4n) is 3.27. The summed E-state index contributed by atoms with van der Waals surface area (Å²) in [6.45, 7) is -0.805. The summed E-state index contributed by atoms with van der Waals surface area (Å²) in [5.74, 6) is 0.0791. The van der Waals surface area contributed by atoms with Crippen LogP contribution in [0.4, 0.5) is 0 Å². The molecule has 0 aliphatic carbocycles. The first-order valence-electron chi connectivity index (χ1n) is 8.81. The average molecular weight is 537 g/mol. The van der Waals surface area contributed by atoms with Gasteiger partial charge in [-0.3, -0.25) is 9.52 Å². The maximum atomic E-state index is 11.9. The van der Waals surface area contributed by atoms with Crippen molar-refractivity contribution in [3.63, 3.8) is 0 Å². The normalized spacial score (nSPS) is 37.2. The van der Waals surface area contributed by atoms with E-state index < -0.39 is 60.3 Å². The summed E-state index contributed by atoms with van der Waals surface area (Å²) in [6, 6.07) is 0. The fraction of sp³-hybridized carbons (Fsp3) is 0.727. The molecule has 33 heavy (non-hydrogen) atoms. The number of nitrogens with two attached hydrogens (primary N) is 1. The van der Waals surface area contributed by atoms with Crippen molar-refractivity contribution in [1.29, 1.82) is 0 Å². The summed E-state index contributed by atoms with van der Waals surface area (Å²) in [5.41, 5.74) is 4.98. The van der Waals surface area contributed by atoms with E-state index in [1.54, 1.807) is 0 Å². The van der Waals surface area contributed by atoms with Crippen LogP contribution in [0.2, 0.25) is 0 Å². The zero-order valence-corrected chi connectivity index (χ0v) is 18.8. The number of hydrogen-bond acceptors (Lipinski definition) is 15. The van der Waals surface area contributed by atoms with Gasteiger partial charge in [-0.15, -0.1) is 0 Å². The number of rotatable bonds is 8. The molecule has 2 unspecified atom stereocenters. The van der Waals surface area contributed by atoms with E-state index in [2.05, 4.69) is 28.1 Å². The van der Waals surface area contributed by atoms with Crippen molar-refractivity contribution in [3.05, 3.63) is 0 Å². The average Bonchev–Trinajstić information content (AvgIpc) is 3.16. The molecule has 8 N–H and O–H groups in total. The maximum absolute atomic E-state index is 11.9. The molecular formula is C11H18N5O14P3. The Hall–Kier alpha value is -1.14. The maximum Gasteiger partial charge on any atom is 0.490 e. The topological polar surface area (TPSA) is 288 Å². The fourth-order valence-corrected chi connectivity index (χ4v) is 6.30. The van der Waals surface area contributed by atoms with Crippen LogP contribution < -0.4 is 5.73 Å². The predicted octanol–water partition coefficient (Wildman–Crippen LogP) is -3.06. The summed E-state index contributed by atoms with van der Waals surface area (Å²) in [4.78, 5) is 49.5. The van der Waals surface area contributed by atoms with Crippen molar-refractivity contribution in [1.82, 2.24) is 4.90 Å². The number of epoxide rings is 1. The van der Waals surface area contributed by atoms with Gasteiger partial charge < -0.3 is 49.9 Å². The third kappa shape index (κ3) is 5.27. The van der Waals surface area contributed by atoms with Gasteiger partial charge >= 0.3 is 23.5 Å². The second-order valence-corrected chi connectivity index (χ2v) is 11.4. The molecule has 22 heteroatoms. The number of hydrogen-bond donors (Lipinski definition) is 7. The van der Waals surface area contributed by atoms with Crippen LogP contribution in [0, 0.1) is 0 Å². The van der Waals surface area contributed by atoms with Crippen LogP contribution in [0.15, 0.2) is 15.0 Å². The SMILES string of the molecule is NC1=N[C@]2(CO2)C2=NCN([C@@H]3O[C@H](COP(=O)(O)OP(=O)(O)OP(=O)(O)O)[C@@H](O)[C@H]3O)C2=N1. The van der Waals surface area contributed by atoms with Gasteiger partial charge in [0.1, 0.15) is 37.3 Å². The smallest absolute Gasteiger partial charge is 0.387 e. The van der Waals surface area contributed by atoms with Gasteiger partial charge in [0.05, 0.1) is 6.61 Å². The molecule has 0 saturated carbocycles. The molecule has 2 saturated heterocycles. The van der Waals surface area contributed by atoms with Crippen LogP contribution in [0.1, 0.15) is 0 Å². The largest absolute Gasteiger partial charge is 0.490 e. The van der Waals surface area contributed by atoms with Crippen molar-refractivity contribution < 1.29 is 66.1 Å². The lowest BCUT2D eigenvalue weighted by Crippen LogP contribution is -2.50. The van der Waals surface area contributed by atoms with Crippen molar-refractivity contribution in [2.45, 2.75) is 30.3 Å². The first kappa shape index (κ1) is 25.0. The monoisotopic (exact) mass is 537 g/mol. The van der Waals surface area contributed by atoms with Crippen LogP contribution >= 0.6 is 23.5 Å². The zero-order chi connectivity index (χ0) is 24.4. The molecule has 4 aliphatic rings. The molecule has 0 radical (unpaired) electrons. The third-order valence-corrected chi connectivity index (χ3v) is 8.43. The molecule has 0 aromatic heterocycles. The van der Waals surface area contributed by atoms with Crippen LogP contribution in [-0.2, 0) is 36.3 Å². The van der Waals surface area contributed by atoms with Crippen LogP contribution in [0.25, 0.3) is 0 Å². The summed E-state index contributed by atoms with van der Waals surface area (Å²) in [5, 5.41) is 20.7. The number of ether oxygens (including phenoxy) is 2. The summed E-state index contributed by atoms with van der Waals surface area (Å²) >= 11 is 0. The Morgan fingerprint density at radius 1 is 1.12 bits per heavy atom. The van der Waals surface area contributed by atoms with Gasteiger partial charge in [-0.25, -0.2) is 18.7 Å². The molecule has 7 atom stereocenters. The Balaban J connectivity index is 1.40. The van der Waals surface area contributed by atoms with Gasteiger partial charge in [0.2, 0.25) is 11.7 Å². The second kappa shape index (κ2) is 8.22. The van der Waals surface area contributed by atoms with E-state index in [0.29, 0.717) is 5.71 Å². The Morgan fingerprint density at radius 2 is 1.79 bits per heavy atom. The number of fused-ring (bicyclic) bond motifs is 2. The highest BCUT2D eigenvalue weighted by atomic mass is 31.3. The number of amidine groups is 1. The van der Waals surface area contributed by atoms with Crippen LogP contribution in [0.3, 0.4) is 0 Å². The molecular weight excluding hydrogens is 519 g/mol. The van der Waals surface area contributed by atoms with Gasteiger partial charge in [-0.2, -0.15) is 13.6 Å². The van der Waals surface area contributed by atoms with Crippen LogP contribution in [-0.4, -0.2) is 102 Å². The highest BCUT2D eigenvalue weighted by Crippen LogP contribution is 2.66. The lowest BCUT2D eigenvalue weighted by atomic mass is 10.1. The Morgan fingerprint density at radius 3 is 2.39 bits per heavy atom. The summed E-state index contributed by atoms with van der Waals surface area (Å²) < 4.78 is 56.3. The van der Waals surface area contributed by atoms with Gasteiger partial charge in [-0.05, 0) is 0 Å². The van der Waals surface area contributed by atoms with Crippen molar-refractivity contribution in [2.75, 3.05) is 19.9 Å². The van der Waals surface area contributed by atoms with E-state index in [-0.39, 0.29) is 25.1 Å². The number of guanidine groups is 1. The predicted molar refractivity (Wildman–Crippen MR) is 102 cm³/mol. The van der Waals surface area contributed by atoms with Gasteiger partial charge in [0.15, 0.2) is 12.1 Å². The van der Waals surface area contributed by atoms with E-state index in [4.69, 9.17) is 29.9 Å². The number of aliphatic imine (C=N–C) groups is 3. The highest BCUT2D eigenvalue weighted by molar-refractivity contribution is 7.66. The lowest BCUT2D eigenvalue weighted by Gasteiger charge is -2.29. The minimum Gasteiger partial charge on any atom is -0.387 e. The number of phosphoric ester groups is 1. The second-order valence-electron chi connectivity index (χ2n) is 7.03. The zero-order valence-electron chi connectivity index (χ0n) is 16.1. The first-order chi connectivity index (χ1) is 15.1. The molecule has 0 amide bonds. The molecule has 1 spiro atoms. The summed E-state index contributed by atoms with van der Waals surface area (Å²) in [7, 11) is -16.7. The van der Waals surface area contributed by atoms with Gasteiger partial charge in [0.25, 0.3) is 0 Å². The molecule has 2 fully saturated rings. The van der Waals surface area contributed by atoms with Crippen molar-refractivity contribution in [2.24, 2.45) is 20.7 Å². The van der Waals surface area contributed by atoms with E-state index in [1.807, 2.05) is 0 Å². The minimum absolute atomic E-state index is 0.0703. The van der Waals surface area contributed by atoms with E-state index in [0.717, 1.165) is 0 Å². The Kier molecular flexibility index (Phi) is 6.22. The molecule has 186 valence electrons. The number of nitrogens with zero attached hydrogens (tertiary/aromatic N) is 4. The first-order valence-corrected chi connectivity index (χ1v) is 13.3. The van der Waals surface area contributed by atoms with Gasteiger partial charge in [0, 0.05) is 0 Å². The quantitative estimate of drug-likeness (QED) is 0.119. The lowest BCUT2D eigenvalue weighted by molar-refractivity contribution is -0.0680. The van der Waals surface area contributed by atoms with E-state index >= 15 is 0 Å². The van der Waals surface area contributed by atoms with Crippen LogP contribution in [0.5, 0.6) is 0 Å². The third-order valence-electron chi connectivity index (χ3n) is 4.63. The van der Waals surface area contributed by atoms with Crippen molar-refractivity contribution in [3.8, 4) is 0 Å². The Bertz CT molecular complexity index is 1070. The molecule has 0 bridgehead atoms. The number of aliphatic hydroxyl groups is 2. The molecule has 4 heterocycles. The molecule has 0 aromatic rings. The number of aliphatic hydroxyl groups excluding tert-OH is 2. The molecule has 19 nitrogen and oxygen atoms in total. The molecule has 4 aliphatic heterocycles. The van der Waals surface area contributed by atoms with Gasteiger partial charge in [-0.1, -0.05) is 0 Å². The minimum atomic E-state index is -5.71. The van der Waals surface area contributed by atoms with Crippen molar-refractivity contribution >= 4 is 41.0 Å². The molecule has 4 rings (SSSR count). The summed E-state index contributed by atoms with van der Waals surface area (Å²) in [6.07, 6.45) is -5.99. The molecule has 0 aromatic carbocycles.